The Hall–Kier alpha value is -13.9. The fourth-order valence-corrected chi connectivity index (χ4v) is 16.0. The number of fused-ring (bicyclic) bond motifs is 14. The van der Waals surface area contributed by atoms with E-state index in [0.717, 1.165) is 188 Å². The SMILES string of the molecule is c1ccc(N(c2ccc(-c3ccc(-c4ccc5ccc(-c6ccc7c(c6)oc6cccc(-c8ccccc8N(c8ccc(-c9ccc%10ccccc%10c9)cc8)c8ccc9oc%10ccccc%10c9c8)c67)cc5c4)cc3)cc2)c2ccc3oc4ccccc4c3c2)c(-c2cccc3oc4ccccc4c23)c1. The van der Waals surface area contributed by atoms with E-state index in [9.17, 15) is 0 Å². The second kappa shape index (κ2) is 23.9. The molecule has 0 aliphatic rings. The molecule has 486 valence electrons. The van der Waals surface area contributed by atoms with Gasteiger partial charge in [-0.3, -0.25) is 0 Å². The van der Waals surface area contributed by atoms with Crippen molar-refractivity contribution in [3.05, 3.63) is 364 Å². The molecule has 0 unspecified atom stereocenters. The molecule has 6 heteroatoms. The highest BCUT2D eigenvalue weighted by molar-refractivity contribution is 6.17. The minimum Gasteiger partial charge on any atom is -0.456 e. The minimum absolute atomic E-state index is 0.834. The van der Waals surface area contributed by atoms with Crippen molar-refractivity contribution in [1.29, 1.82) is 0 Å². The third-order valence-electron chi connectivity index (χ3n) is 21.1. The molecule has 0 amide bonds. The van der Waals surface area contributed by atoms with E-state index in [2.05, 4.69) is 337 Å². The van der Waals surface area contributed by atoms with Crippen molar-refractivity contribution >= 4 is 143 Å². The lowest BCUT2D eigenvalue weighted by molar-refractivity contribution is 0.668. The maximum atomic E-state index is 6.90. The Balaban J connectivity index is 0.593. The molecule has 0 radical (unpaired) electrons. The molecule has 4 aromatic heterocycles. The summed E-state index contributed by atoms with van der Waals surface area (Å²) in [5.74, 6) is 0. The van der Waals surface area contributed by atoms with E-state index in [4.69, 9.17) is 17.7 Å². The van der Waals surface area contributed by atoms with E-state index < -0.39 is 0 Å². The van der Waals surface area contributed by atoms with E-state index in [-0.39, 0.29) is 0 Å². The Kier molecular flexibility index (Phi) is 13.5. The van der Waals surface area contributed by atoms with Gasteiger partial charge in [0.25, 0.3) is 0 Å². The van der Waals surface area contributed by atoms with Gasteiger partial charge in [0.1, 0.15) is 44.7 Å². The molecule has 0 saturated carbocycles. The van der Waals surface area contributed by atoms with E-state index in [1.54, 1.807) is 0 Å². The van der Waals surface area contributed by atoms with Crippen LogP contribution in [0.4, 0.5) is 34.1 Å². The normalized spacial score (nSPS) is 11.8. The molecule has 0 fully saturated rings. The van der Waals surface area contributed by atoms with Gasteiger partial charge in [-0.1, -0.05) is 231 Å². The van der Waals surface area contributed by atoms with Crippen molar-refractivity contribution in [2.75, 3.05) is 9.80 Å². The van der Waals surface area contributed by atoms with Gasteiger partial charge in [-0.25, -0.2) is 0 Å². The number of hydrogen-bond donors (Lipinski definition) is 0. The van der Waals surface area contributed by atoms with Crippen LogP contribution in [0.1, 0.15) is 0 Å². The first-order chi connectivity index (χ1) is 51.5. The van der Waals surface area contributed by atoms with Crippen LogP contribution in [0.15, 0.2) is 382 Å². The highest BCUT2D eigenvalue weighted by Crippen LogP contribution is 2.50. The van der Waals surface area contributed by atoms with E-state index in [0.29, 0.717) is 0 Å². The van der Waals surface area contributed by atoms with Crippen LogP contribution in [0.2, 0.25) is 0 Å². The number of para-hydroxylation sites is 5. The number of furan rings is 4. The van der Waals surface area contributed by atoms with E-state index >= 15 is 0 Å². The average Bonchev–Trinajstić information content (AvgIpc) is 1.53. The summed E-state index contributed by atoms with van der Waals surface area (Å²) in [6.45, 7) is 0. The molecule has 17 aromatic carbocycles. The Morgan fingerprint density at radius 1 is 0.163 bits per heavy atom. The first-order valence-corrected chi connectivity index (χ1v) is 35.3. The average molecular weight is 1330 g/mol. The molecule has 0 atom stereocenters. The molecule has 0 aliphatic carbocycles. The fourth-order valence-electron chi connectivity index (χ4n) is 16.0. The molecule has 0 spiro atoms. The summed E-state index contributed by atoms with van der Waals surface area (Å²) in [7, 11) is 0. The Labute approximate surface area is 598 Å². The van der Waals surface area contributed by atoms with Crippen LogP contribution in [0.25, 0.3) is 176 Å². The topological polar surface area (TPSA) is 59.0 Å². The van der Waals surface area contributed by atoms with Gasteiger partial charge < -0.3 is 27.5 Å². The van der Waals surface area contributed by atoms with E-state index in [1.807, 2.05) is 36.4 Å². The Morgan fingerprint density at radius 2 is 0.490 bits per heavy atom. The van der Waals surface area contributed by atoms with Gasteiger partial charge in [-0.2, -0.15) is 0 Å². The van der Waals surface area contributed by atoms with Gasteiger partial charge in [0.15, 0.2) is 0 Å². The molecular weight excluding hydrogens is 1270 g/mol. The van der Waals surface area contributed by atoms with Crippen LogP contribution >= 0.6 is 0 Å². The lowest BCUT2D eigenvalue weighted by Crippen LogP contribution is -2.11. The number of benzene rings is 17. The van der Waals surface area contributed by atoms with Gasteiger partial charge in [0, 0.05) is 77.0 Å². The lowest BCUT2D eigenvalue weighted by atomic mass is 9.95. The number of anilines is 6. The Bertz CT molecular complexity index is 6990. The fraction of sp³-hybridized carbons (Fsp3) is 0. The molecule has 0 saturated heterocycles. The summed E-state index contributed by atoms with van der Waals surface area (Å²) < 4.78 is 26.1. The van der Waals surface area contributed by atoms with E-state index in [1.165, 1.54) is 21.7 Å². The molecule has 4 heterocycles. The molecular formula is C98H60N2O4. The standard InChI is InChI=1S/C98H60N2O4/c1-2-16-67-55-68(38-35-61(67)15-1)65-43-48-74(49-44-65)100(76-51-54-93-86(60-76)80-20-6-11-27-90(80)102-93)88-25-9-4-18-78(88)82-23-14-30-95-98(82)84-52-45-71(58-96(84)104-95)70-40-37-66-36-39-69(56-72(66)57-70)64-33-31-62(32-34-64)63-41-46-73(47-42-63)99(75-50-53-92-85(59-75)79-19-5-10-26-89(79)101-92)87-24-8-3-17-77(87)81-22-13-29-94-97(81)83-21-7-12-28-91(83)103-94/h1-60H. The minimum atomic E-state index is 0.834. The van der Waals surface area contributed by atoms with Gasteiger partial charge in [0.05, 0.1) is 11.4 Å². The zero-order chi connectivity index (χ0) is 68.3. The smallest absolute Gasteiger partial charge is 0.136 e. The molecule has 21 rings (SSSR count). The second-order valence-electron chi connectivity index (χ2n) is 27.0. The maximum Gasteiger partial charge on any atom is 0.136 e. The third-order valence-corrected chi connectivity index (χ3v) is 21.1. The molecule has 0 aliphatic heterocycles. The molecule has 0 bridgehead atoms. The Morgan fingerprint density at radius 3 is 1.03 bits per heavy atom. The zero-order valence-electron chi connectivity index (χ0n) is 56.2. The highest BCUT2D eigenvalue weighted by Gasteiger charge is 2.25. The third kappa shape index (κ3) is 9.87. The predicted molar refractivity (Wildman–Crippen MR) is 433 cm³/mol. The molecule has 0 N–H and O–H groups in total. The van der Waals surface area contributed by atoms with Gasteiger partial charge >= 0.3 is 0 Å². The summed E-state index contributed by atoms with van der Waals surface area (Å²) in [5, 5.41) is 13.4. The lowest BCUT2D eigenvalue weighted by Gasteiger charge is -2.28. The van der Waals surface area contributed by atoms with Crippen molar-refractivity contribution in [2.24, 2.45) is 0 Å². The van der Waals surface area contributed by atoms with Crippen molar-refractivity contribution in [2.45, 2.75) is 0 Å². The van der Waals surface area contributed by atoms with Crippen molar-refractivity contribution in [3.8, 4) is 66.8 Å². The van der Waals surface area contributed by atoms with Crippen LogP contribution in [0, 0.1) is 0 Å². The molecule has 104 heavy (non-hydrogen) atoms. The van der Waals surface area contributed by atoms with Gasteiger partial charge in [-0.15, -0.1) is 0 Å². The first kappa shape index (κ1) is 59.0. The number of nitrogens with zero attached hydrogens (tertiary/aromatic N) is 2. The molecule has 6 nitrogen and oxygen atoms in total. The number of rotatable bonds is 12. The van der Waals surface area contributed by atoms with Crippen LogP contribution in [0.3, 0.4) is 0 Å². The predicted octanol–water partition coefficient (Wildman–Crippen LogP) is 28.5. The summed E-state index contributed by atoms with van der Waals surface area (Å²) in [6.07, 6.45) is 0. The van der Waals surface area contributed by atoms with Crippen LogP contribution in [-0.4, -0.2) is 0 Å². The molecule has 21 aromatic rings. The van der Waals surface area contributed by atoms with Crippen molar-refractivity contribution < 1.29 is 17.7 Å². The van der Waals surface area contributed by atoms with Crippen LogP contribution in [-0.2, 0) is 0 Å². The van der Waals surface area contributed by atoms with Gasteiger partial charge in [0.2, 0.25) is 0 Å². The number of hydrogen-bond acceptors (Lipinski definition) is 6. The summed E-state index contributed by atoms with van der Waals surface area (Å²) in [5.41, 5.74) is 26.5. The highest BCUT2D eigenvalue weighted by atomic mass is 16.3. The van der Waals surface area contributed by atoms with Crippen LogP contribution < -0.4 is 9.80 Å². The quantitative estimate of drug-likeness (QED) is 0.121. The van der Waals surface area contributed by atoms with Crippen molar-refractivity contribution in [3.63, 3.8) is 0 Å². The monoisotopic (exact) mass is 1330 g/mol. The largest absolute Gasteiger partial charge is 0.456 e. The maximum absolute atomic E-state index is 6.90. The summed E-state index contributed by atoms with van der Waals surface area (Å²) in [6, 6.07) is 131. The summed E-state index contributed by atoms with van der Waals surface area (Å²) >= 11 is 0. The van der Waals surface area contributed by atoms with Gasteiger partial charge in [-0.05, 0) is 211 Å². The van der Waals surface area contributed by atoms with Crippen molar-refractivity contribution in [1.82, 2.24) is 0 Å². The zero-order valence-corrected chi connectivity index (χ0v) is 56.2. The summed E-state index contributed by atoms with van der Waals surface area (Å²) in [4.78, 5) is 4.76. The van der Waals surface area contributed by atoms with Crippen LogP contribution in [0.5, 0.6) is 0 Å². The second-order valence-corrected chi connectivity index (χ2v) is 27.0. The first-order valence-electron chi connectivity index (χ1n) is 35.3.